The maximum atomic E-state index is 11.9. The van der Waals surface area contributed by atoms with Crippen LogP contribution in [-0.4, -0.2) is 11.0 Å². The van der Waals surface area contributed by atoms with Gasteiger partial charge in [-0.25, -0.2) is 4.79 Å². The first kappa shape index (κ1) is 14.8. The molecule has 4 heteroatoms. The number of urea groups is 1. The summed E-state index contributed by atoms with van der Waals surface area (Å²) in [4.78, 5) is 15.8. The van der Waals surface area contributed by atoms with Crippen LogP contribution < -0.4 is 10.6 Å². The summed E-state index contributed by atoms with van der Waals surface area (Å²) in [6.45, 7) is 0.469. The standard InChI is InChI=1S/C19H17N3O/c23-19(21-14-15-10-12-20-13-11-15)22-18-8-6-17(7-9-18)16-4-2-1-3-5-16/h1-13H,14H2,(H2,21,22,23). The lowest BCUT2D eigenvalue weighted by molar-refractivity contribution is 0.251. The Balaban J connectivity index is 1.57. The van der Waals surface area contributed by atoms with Gasteiger partial charge in [0, 0.05) is 24.6 Å². The minimum atomic E-state index is -0.228. The SMILES string of the molecule is O=C(NCc1ccncc1)Nc1ccc(-c2ccccc2)cc1. The van der Waals surface area contributed by atoms with Crippen molar-refractivity contribution in [2.24, 2.45) is 0 Å². The predicted molar refractivity (Wildman–Crippen MR) is 92.0 cm³/mol. The van der Waals surface area contributed by atoms with Crippen molar-refractivity contribution >= 4 is 11.7 Å². The topological polar surface area (TPSA) is 54.0 Å². The number of hydrogen-bond donors (Lipinski definition) is 2. The fourth-order valence-electron chi connectivity index (χ4n) is 2.23. The van der Waals surface area contributed by atoms with E-state index in [4.69, 9.17) is 0 Å². The Kier molecular flexibility index (Phi) is 4.64. The summed E-state index contributed by atoms with van der Waals surface area (Å²) < 4.78 is 0. The van der Waals surface area contributed by atoms with E-state index < -0.39 is 0 Å². The molecule has 0 saturated heterocycles. The van der Waals surface area contributed by atoms with E-state index in [0.29, 0.717) is 6.54 Å². The fourth-order valence-corrected chi connectivity index (χ4v) is 2.23. The summed E-state index contributed by atoms with van der Waals surface area (Å²) >= 11 is 0. The van der Waals surface area contributed by atoms with Crippen LogP contribution in [0.4, 0.5) is 10.5 Å². The quantitative estimate of drug-likeness (QED) is 0.763. The van der Waals surface area contributed by atoms with E-state index >= 15 is 0 Å². The van der Waals surface area contributed by atoms with Crippen molar-refractivity contribution in [1.29, 1.82) is 0 Å². The first-order chi connectivity index (χ1) is 11.3. The Morgan fingerprint density at radius 3 is 2.17 bits per heavy atom. The largest absolute Gasteiger partial charge is 0.334 e. The van der Waals surface area contributed by atoms with Gasteiger partial charge < -0.3 is 10.6 Å². The zero-order valence-electron chi connectivity index (χ0n) is 12.6. The summed E-state index contributed by atoms with van der Waals surface area (Å²) in [5, 5.41) is 5.64. The van der Waals surface area contributed by atoms with E-state index in [9.17, 15) is 4.79 Å². The second-order valence-corrected chi connectivity index (χ2v) is 5.11. The van der Waals surface area contributed by atoms with Gasteiger partial charge in [0.05, 0.1) is 0 Å². The highest BCUT2D eigenvalue weighted by atomic mass is 16.2. The normalized spacial score (nSPS) is 10.1. The van der Waals surface area contributed by atoms with E-state index in [1.54, 1.807) is 12.4 Å². The number of pyridine rings is 1. The van der Waals surface area contributed by atoms with Gasteiger partial charge in [0.1, 0.15) is 0 Å². The van der Waals surface area contributed by atoms with E-state index in [1.165, 1.54) is 0 Å². The average Bonchev–Trinajstić information content (AvgIpc) is 2.62. The van der Waals surface area contributed by atoms with Crippen LogP contribution in [0.25, 0.3) is 11.1 Å². The number of carbonyl (C=O) groups excluding carboxylic acids is 1. The van der Waals surface area contributed by atoms with E-state index in [-0.39, 0.29) is 6.03 Å². The molecular weight excluding hydrogens is 286 g/mol. The minimum Gasteiger partial charge on any atom is -0.334 e. The van der Waals surface area contributed by atoms with Crippen molar-refractivity contribution in [3.8, 4) is 11.1 Å². The number of aromatic nitrogens is 1. The first-order valence-electron chi connectivity index (χ1n) is 7.40. The maximum absolute atomic E-state index is 11.9. The number of amides is 2. The molecule has 0 aliphatic rings. The highest BCUT2D eigenvalue weighted by molar-refractivity contribution is 5.89. The molecule has 0 atom stereocenters. The highest BCUT2D eigenvalue weighted by Gasteiger charge is 2.02. The molecule has 0 bridgehead atoms. The van der Waals surface area contributed by atoms with Crippen LogP contribution in [0.2, 0.25) is 0 Å². The average molecular weight is 303 g/mol. The minimum absolute atomic E-state index is 0.228. The van der Waals surface area contributed by atoms with Crippen molar-refractivity contribution < 1.29 is 4.79 Å². The lowest BCUT2D eigenvalue weighted by Gasteiger charge is -2.08. The van der Waals surface area contributed by atoms with Crippen LogP contribution in [-0.2, 0) is 6.54 Å². The second kappa shape index (κ2) is 7.22. The van der Waals surface area contributed by atoms with Crippen LogP contribution in [0.3, 0.4) is 0 Å². The lowest BCUT2D eigenvalue weighted by Crippen LogP contribution is -2.28. The molecule has 3 rings (SSSR count). The Hall–Kier alpha value is -3.14. The van der Waals surface area contributed by atoms with Gasteiger partial charge in [-0.2, -0.15) is 0 Å². The zero-order chi connectivity index (χ0) is 15.9. The van der Waals surface area contributed by atoms with Crippen molar-refractivity contribution in [2.75, 3.05) is 5.32 Å². The molecule has 2 amide bonds. The Morgan fingerprint density at radius 1 is 0.826 bits per heavy atom. The summed E-state index contributed by atoms with van der Waals surface area (Å²) in [7, 11) is 0. The van der Waals surface area contributed by atoms with Gasteiger partial charge in [0.25, 0.3) is 0 Å². The number of hydrogen-bond acceptors (Lipinski definition) is 2. The lowest BCUT2D eigenvalue weighted by atomic mass is 10.1. The van der Waals surface area contributed by atoms with Gasteiger partial charge in [0.2, 0.25) is 0 Å². The van der Waals surface area contributed by atoms with E-state index in [2.05, 4.69) is 27.8 Å². The van der Waals surface area contributed by atoms with Crippen molar-refractivity contribution in [3.05, 3.63) is 84.7 Å². The molecule has 0 aliphatic carbocycles. The molecule has 4 nitrogen and oxygen atoms in total. The number of nitrogens with one attached hydrogen (secondary N) is 2. The first-order valence-corrected chi connectivity index (χ1v) is 7.40. The molecule has 3 aromatic rings. The third kappa shape index (κ3) is 4.17. The molecule has 0 unspecified atom stereocenters. The molecule has 0 fully saturated rings. The second-order valence-electron chi connectivity index (χ2n) is 5.11. The van der Waals surface area contributed by atoms with Gasteiger partial charge in [0.15, 0.2) is 0 Å². The summed E-state index contributed by atoms with van der Waals surface area (Å²) in [6.07, 6.45) is 3.41. The van der Waals surface area contributed by atoms with Crippen molar-refractivity contribution in [3.63, 3.8) is 0 Å². The number of carbonyl (C=O) groups is 1. The number of benzene rings is 2. The van der Waals surface area contributed by atoms with Crippen molar-refractivity contribution in [2.45, 2.75) is 6.54 Å². The molecule has 1 aromatic heterocycles. The summed E-state index contributed by atoms with van der Waals surface area (Å²) in [5.41, 5.74) is 4.04. The smallest absolute Gasteiger partial charge is 0.319 e. The van der Waals surface area contributed by atoms with Crippen molar-refractivity contribution in [1.82, 2.24) is 10.3 Å². The Bertz CT molecular complexity index is 756. The van der Waals surface area contributed by atoms with Gasteiger partial charge in [-0.15, -0.1) is 0 Å². The molecule has 0 spiro atoms. The number of rotatable bonds is 4. The molecule has 23 heavy (non-hydrogen) atoms. The molecule has 0 radical (unpaired) electrons. The van der Waals surface area contributed by atoms with Crippen LogP contribution in [0.5, 0.6) is 0 Å². The molecule has 0 saturated carbocycles. The molecule has 1 heterocycles. The molecule has 0 aliphatic heterocycles. The molecule has 114 valence electrons. The van der Waals surface area contributed by atoms with Crippen LogP contribution in [0.1, 0.15) is 5.56 Å². The zero-order valence-corrected chi connectivity index (χ0v) is 12.6. The number of nitrogens with zero attached hydrogens (tertiary/aromatic N) is 1. The third-order valence-electron chi connectivity index (χ3n) is 3.45. The van der Waals surface area contributed by atoms with E-state index in [0.717, 1.165) is 22.4 Å². The summed E-state index contributed by atoms with van der Waals surface area (Å²) in [5.74, 6) is 0. The molecule has 2 aromatic carbocycles. The summed E-state index contributed by atoms with van der Waals surface area (Å²) in [6, 6.07) is 21.4. The molecule has 2 N–H and O–H groups in total. The van der Waals surface area contributed by atoms with Crippen LogP contribution in [0, 0.1) is 0 Å². The van der Waals surface area contributed by atoms with E-state index in [1.807, 2.05) is 54.6 Å². The number of anilines is 1. The van der Waals surface area contributed by atoms with Crippen LogP contribution in [0.15, 0.2) is 79.1 Å². The Morgan fingerprint density at radius 2 is 1.48 bits per heavy atom. The predicted octanol–water partition coefficient (Wildman–Crippen LogP) is 4.07. The van der Waals surface area contributed by atoms with Crippen LogP contribution >= 0.6 is 0 Å². The van der Waals surface area contributed by atoms with Gasteiger partial charge in [-0.3, -0.25) is 4.98 Å². The highest BCUT2D eigenvalue weighted by Crippen LogP contribution is 2.20. The fraction of sp³-hybridized carbons (Fsp3) is 0.0526. The Labute approximate surface area is 135 Å². The monoisotopic (exact) mass is 303 g/mol. The van der Waals surface area contributed by atoms with Gasteiger partial charge in [-0.05, 0) is 41.0 Å². The van der Waals surface area contributed by atoms with Gasteiger partial charge >= 0.3 is 6.03 Å². The van der Waals surface area contributed by atoms with Gasteiger partial charge in [-0.1, -0.05) is 42.5 Å². The maximum Gasteiger partial charge on any atom is 0.319 e. The third-order valence-corrected chi connectivity index (χ3v) is 3.45. The molecular formula is C19H17N3O.